The average molecular weight is 462 g/mol. The Morgan fingerprint density at radius 2 is 1.94 bits per heavy atom. The lowest BCUT2D eigenvalue weighted by Crippen LogP contribution is -2.41. The van der Waals surface area contributed by atoms with E-state index in [2.05, 4.69) is 4.90 Å². The molecule has 1 heterocycles. The number of hydrogen-bond acceptors (Lipinski definition) is 6. The molecular formula is C26H36FNO5. The van der Waals surface area contributed by atoms with E-state index in [9.17, 15) is 9.18 Å². The second-order valence-corrected chi connectivity index (χ2v) is 10.5. The fraction of sp³-hybridized carbons (Fsp3) is 0.731. The normalized spacial score (nSPS) is 31.5. The number of fused-ring (bicyclic) bond motifs is 5. The highest BCUT2D eigenvalue weighted by atomic mass is 19.1. The van der Waals surface area contributed by atoms with Gasteiger partial charge in [0, 0.05) is 33.5 Å². The molecule has 0 spiro atoms. The van der Waals surface area contributed by atoms with Crippen LogP contribution in [0.1, 0.15) is 56.3 Å². The maximum atomic E-state index is 14.5. The van der Waals surface area contributed by atoms with Crippen LogP contribution in [0.25, 0.3) is 0 Å². The SMILES string of the molecule is CC(C)(Oc1cc(C(=O)OCCN2CCOCC2)ccc1F)OC1CC2CC1C1CCCC21. The van der Waals surface area contributed by atoms with Crippen molar-refractivity contribution in [1.82, 2.24) is 4.90 Å². The smallest absolute Gasteiger partial charge is 0.338 e. The summed E-state index contributed by atoms with van der Waals surface area (Å²) < 4.78 is 37.7. The Balaban J connectivity index is 1.17. The van der Waals surface area contributed by atoms with Gasteiger partial charge in [0.1, 0.15) is 6.61 Å². The summed E-state index contributed by atoms with van der Waals surface area (Å²) >= 11 is 0. The van der Waals surface area contributed by atoms with Crippen LogP contribution in [0.4, 0.5) is 4.39 Å². The molecule has 7 heteroatoms. The van der Waals surface area contributed by atoms with Gasteiger partial charge >= 0.3 is 5.97 Å². The van der Waals surface area contributed by atoms with Crippen molar-refractivity contribution in [1.29, 1.82) is 0 Å². The van der Waals surface area contributed by atoms with Gasteiger partial charge in [0.25, 0.3) is 0 Å². The zero-order chi connectivity index (χ0) is 23.0. The van der Waals surface area contributed by atoms with Gasteiger partial charge in [0.15, 0.2) is 11.6 Å². The van der Waals surface area contributed by atoms with Crippen LogP contribution in [0.2, 0.25) is 0 Å². The lowest BCUT2D eigenvalue weighted by Gasteiger charge is -2.37. The first-order chi connectivity index (χ1) is 15.9. The van der Waals surface area contributed by atoms with Crippen molar-refractivity contribution in [2.45, 2.75) is 57.8 Å². The monoisotopic (exact) mass is 461 g/mol. The van der Waals surface area contributed by atoms with Crippen LogP contribution in [-0.2, 0) is 14.2 Å². The van der Waals surface area contributed by atoms with Crippen molar-refractivity contribution in [3.8, 4) is 5.75 Å². The number of benzene rings is 1. The van der Waals surface area contributed by atoms with Gasteiger partial charge in [-0.2, -0.15) is 0 Å². The van der Waals surface area contributed by atoms with Gasteiger partial charge < -0.3 is 18.9 Å². The molecule has 1 aromatic carbocycles. The maximum absolute atomic E-state index is 14.5. The molecule has 6 nitrogen and oxygen atoms in total. The molecule has 5 unspecified atom stereocenters. The highest BCUT2D eigenvalue weighted by molar-refractivity contribution is 5.89. The van der Waals surface area contributed by atoms with E-state index in [0.29, 0.717) is 25.7 Å². The Morgan fingerprint density at radius 3 is 2.76 bits per heavy atom. The van der Waals surface area contributed by atoms with Gasteiger partial charge in [0.05, 0.1) is 24.9 Å². The first kappa shape index (κ1) is 23.1. The standard InChI is InChI=1S/C26H36FNO5/c1-26(2,32-23-16-18-14-21(23)20-5-3-4-19(18)20)33-24-15-17(6-7-22(24)27)25(29)31-13-10-28-8-11-30-12-9-28/h6-7,15,18-21,23H,3-5,8-14,16H2,1-2H3. The van der Waals surface area contributed by atoms with E-state index in [4.69, 9.17) is 18.9 Å². The van der Waals surface area contributed by atoms with Gasteiger partial charge in [-0.25, -0.2) is 9.18 Å². The largest absolute Gasteiger partial charge is 0.461 e. The number of hydrogen-bond donors (Lipinski definition) is 0. The van der Waals surface area contributed by atoms with Crippen molar-refractivity contribution in [3.05, 3.63) is 29.6 Å². The van der Waals surface area contributed by atoms with Crippen molar-refractivity contribution >= 4 is 5.97 Å². The third-order valence-electron chi connectivity index (χ3n) is 8.07. The minimum absolute atomic E-state index is 0.0181. The number of esters is 1. The zero-order valence-corrected chi connectivity index (χ0v) is 19.8. The summed E-state index contributed by atoms with van der Waals surface area (Å²) in [5.41, 5.74) is 0.276. The molecule has 3 saturated carbocycles. The molecule has 0 radical (unpaired) electrons. The van der Waals surface area contributed by atoms with Crippen molar-refractivity contribution in [2.75, 3.05) is 39.5 Å². The van der Waals surface area contributed by atoms with Gasteiger partial charge in [-0.05, 0) is 67.6 Å². The predicted octanol–water partition coefficient (Wildman–Crippen LogP) is 4.27. The molecule has 1 saturated heterocycles. The Bertz CT molecular complexity index is 855. The third-order valence-corrected chi connectivity index (χ3v) is 8.07. The van der Waals surface area contributed by atoms with Crippen LogP contribution < -0.4 is 4.74 Å². The van der Waals surface area contributed by atoms with E-state index in [1.165, 1.54) is 43.9 Å². The summed E-state index contributed by atoms with van der Waals surface area (Å²) in [5, 5.41) is 0. The van der Waals surface area contributed by atoms with E-state index in [1.807, 2.05) is 13.8 Å². The van der Waals surface area contributed by atoms with Crippen LogP contribution in [0.3, 0.4) is 0 Å². The number of rotatable bonds is 8. The molecule has 1 aliphatic heterocycles. The maximum Gasteiger partial charge on any atom is 0.338 e. The number of carbonyl (C=O) groups excluding carboxylic acids is 1. The van der Waals surface area contributed by atoms with Gasteiger partial charge in [-0.1, -0.05) is 6.42 Å². The molecule has 5 atom stereocenters. The quantitative estimate of drug-likeness (QED) is 0.426. The minimum Gasteiger partial charge on any atom is -0.461 e. The Labute approximate surface area is 195 Å². The van der Waals surface area contributed by atoms with Crippen LogP contribution in [0.5, 0.6) is 5.75 Å². The molecule has 2 bridgehead atoms. The Morgan fingerprint density at radius 1 is 1.15 bits per heavy atom. The second-order valence-electron chi connectivity index (χ2n) is 10.5. The zero-order valence-electron chi connectivity index (χ0n) is 19.8. The molecule has 3 aliphatic carbocycles. The molecule has 4 aliphatic rings. The first-order valence-corrected chi connectivity index (χ1v) is 12.5. The molecular weight excluding hydrogens is 425 g/mol. The summed E-state index contributed by atoms with van der Waals surface area (Å²) in [7, 11) is 0. The van der Waals surface area contributed by atoms with Crippen LogP contribution >= 0.6 is 0 Å². The predicted molar refractivity (Wildman–Crippen MR) is 121 cm³/mol. The lowest BCUT2D eigenvalue weighted by atomic mass is 9.80. The van der Waals surface area contributed by atoms with Gasteiger partial charge in [0.2, 0.25) is 5.79 Å². The molecule has 5 rings (SSSR count). The molecule has 1 aromatic rings. The van der Waals surface area contributed by atoms with Crippen molar-refractivity contribution in [2.24, 2.45) is 23.7 Å². The summed E-state index contributed by atoms with van der Waals surface area (Å²) in [4.78, 5) is 14.7. The highest BCUT2D eigenvalue weighted by Gasteiger charge is 2.55. The fourth-order valence-electron chi connectivity index (χ4n) is 6.68. The van der Waals surface area contributed by atoms with Gasteiger partial charge in [-0.15, -0.1) is 0 Å². The highest BCUT2D eigenvalue weighted by Crippen LogP contribution is 2.59. The van der Waals surface area contributed by atoms with Gasteiger partial charge in [-0.3, -0.25) is 4.90 Å². The Hall–Kier alpha value is -1.70. The molecule has 0 aromatic heterocycles. The first-order valence-electron chi connectivity index (χ1n) is 12.5. The number of carbonyl (C=O) groups is 1. The summed E-state index contributed by atoms with van der Waals surface area (Å²) in [6.07, 6.45) is 6.54. The number of morpholine rings is 1. The molecule has 182 valence electrons. The minimum atomic E-state index is -0.983. The molecule has 4 fully saturated rings. The Kier molecular flexibility index (Phi) is 6.65. The molecule has 33 heavy (non-hydrogen) atoms. The van der Waals surface area contributed by atoms with E-state index < -0.39 is 17.6 Å². The third kappa shape index (κ3) is 5.05. The van der Waals surface area contributed by atoms with E-state index in [-0.39, 0.29) is 24.0 Å². The van der Waals surface area contributed by atoms with Crippen LogP contribution in [0, 0.1) is 29.5 Å². The van der Waals surface area contributed by atoms with E-state index in [0.717, 1.165) is 37.3 Å². The topological polar surface area (TPSA) is 57.2 Å². The summed E-state index contributed by atoms with van der Waals surface area (Å²) in [6.45, 7) is 7.69. The van der Waals surface area contributed by atoms with Crippen LogP contribution in [-0.4, -0.2) is 62.2 Å². The second kappa shape index (κ2) is 9.51. The number of nitrogens with zero attached hydrogens (tertiary/aromatic N) is 1. The van der Waals surface area contributed by atoms with Crippen molar-refractivity contribution < 1.29 is 28.1 Å². The average Bonchev–Trinajstić information content (AvgIpc) is 3.49. The molecule has 0 N–H and O–H groups in total. The van der Waals surface area contributed by atoms with E-state index >= 15 is 0 Å². The lowest BCUT2D eigenvalue weighted by molar-refractivity contribution is -0.204. The van der Waals surface area contributed by atoms with Crippen molar-refractivity contribution in [3.63, 3.8) is 0 Å². The number of ether oxygens (including phenoxy) is 4. The van der Waals surface area contributed by atoms with E-state index in [1.54, 1.807) is 0 Å². The molecule has 0 amide bonds. The fourth-order valence-corrected chi connectivity index (χ4v) is 6.68. The summed E-state index contributed by atoms with van der Waals surface area (Å²) in [6, 6.07) is 4.11. The van der Waals surface area contributed by atoms with Crippen LogP contribution in [0.15, 0.2) is 18.2 Å². The number of halogens is 1. The summed E-state index contributed by atoms with van der Waals surface area (Å²) in [5.74, 6) is 1.10.